The van der Waals surface area contributed by atoms with Crippen LogP contribution < -0.4 is 5.73 Å². The highest BCUT2D eigenvalue weighted by atomic mass is 16.2. The van der Waals surface area contributed by atoms with E-state index in [9.17, 15) is 4.79 Å². The summed E-state index contributed by atoms with van der Waals surface area (Å²) in [6.45, 7) is 0. The molecule has 1 aromatic heterocycles. The normalized spacial score (nSPS) is 15.2. The zero-order valence-corrected chi connectivity index (χ0v) is 11.0. The van der Waals surface area contributed by atoms with E-state index in [0.29, 0.717) is 17.6 Å². The minimum atomic E-state index is -0.0397. The molecule has 0 unspecified atom stereocenters. The van der Waals surface area contributed by atoms with Crippen molar-refractivity contribution in [3.63, 3.8) is 0 Å². The number of carbonyl (C=O) groups is 1. The summed E-state index contributed by atoms with van der Waals surface area (Å²) in [5.74, 6) is 0.380. The lowest BCUT2D eigenvalue weighted by atomic mass is 9.91. The quantitative estimate of drug-likeness (QED) is 0.896. The van der Waals surface area contributed by atoms with E-state index in [-0.39, 0.29) is 5.91 Å². The Bertz CT molecular complexity index is 634. The van der Waals surface area contributed by atoms with Crippen LogP contribution in [0, 0.1) is 0 Å². The Morgan fingerprint density at radius 3 is 2.79 bits per heavy atom. The van der Waals surface area contributed by atoms with E-state index in [2.05, 4.69) is 4.98 Å². The third-order valence-corrected chi connectivity index (χ3v) is 3.93. The van der Waals surface area contributed by atoms with Crippen LogP contribution in [-0.4, -0.2) is 28.9 Å². The van der Waals surface area contributed by atoms with Crippen LogP contribution in [0.4, 0.5) is 5.82 Å². The molecule has 0 saturated heterocycles. The lowest BCUT2D eigenvalue weighted by molar-refractivity contribution is 0.0646. The summed E-state index contributed by atoms with van der Waals surface area (Å²) < 4.78 is 0. The molecule has 0 spiro atoms. The molecular formula is C15H17N3O. The zero-order valence-electron chi connectivity index (χ0n) is 11.0. The van der Waals surface area contributed by atoms with Crippen molar-refractivity contribution >= 4 is 22.5 Å². The Labute approximate surface area is 112 Å². The third-order valence-electron chi connectivity index (χ3n) is 3.93. The summed E-state index contributed by atoms with van der Waals surface area (Å²) in [7, 11) is 1.85. The zero-order chi connectivity index (χ0) is 13.4. The van der Waals surface area contributed by atoms with Crippen LogP contribution in [0.2, 0.25) is 0 Å². The number of nitrogens with zero attached hydrogens (tertiary/aromatic N) is 2. The number of benzene rings is 1. The maximum atomic E-state index is 12.4. The van der Waals surface area contributed by atoms with Gasteiger partial charge in [-0.15, -0.1) is 0 Å². The molecule has 3 rings (SSSR count). The van der Waals surface area contributed by atoms with Crippen molar-refractivity contribution in [3.05, 3.63) is 36.0 Å². The molecule has 1 amide bonds. The number of pyridine rings is 1. The number of nitrogens with two attached hydrogens (primary N) is 1. The van der Waals surface area contributed by atoms with Crippen LogP contribution in [0.1, 0.15) is 29.8 Å². The minimum Gasteiger partial charge on any atom is -0.383 e. The number of fused-ring (bicyclic) bond motifs is 1. The van der Waals surface area contributed by atoms with Gasteiger partial charge in [0.1, 0.15) is 11.5 Å². The number of hydrogen-bond acceptors (Lipinski definition) is 3. The maximum Gasteiger partial charge on any atom is 0.272 e. The first-order chi connectivity index (χ1) is 9.16. The Kier molecular flexibility index (Phi) is 2.85. The average Bonchev–Trinajstić information content (AvgIpc) is 2.35. The van der Waals surface area contributed by atoms with Crippen molar-refractivity contribution in [3.8, 4) is 0 Å². The van der Waals surface area contributed by atoms with Gasteiger partial charge >= 0.3 is 0 Å². The molecule has 98 valence electrons. The first-order valence-electron chi connectivity index (χ1n) is 6.59. The number of amides is 1. The Hall–Kier alpha value is -2.10. The Morgan fingerprint density at radius 1 is 1.37 bits per heavy atom. The van der Waals surface area contributed by atoms with Gasteiger partial charge in [0.15, 0.2) is 0 Å². The highest BCUT2D eigenvalue weighted by molar-refractivity contribution is 5.99. The molecule has 4 heteroatoms. The van der Waals surface area contributed by atoms with Gasteiger partial charge in [-0.3, -0.25) is 4.79 Å². The number of aromatic nitrogens is 1. The van der Waals surface area contributed by atoms with Crippen LogP contribution in [-0.2, 0) is 0 Å². The van der Waals surface area contributed by atoms with Gasteiger partial charge in [-0.25, -0.2) is 4.98 Å². The molecular weight excluding hydrogens is 238 g/mol. The van der Waals surface area contributed by atoms with E-state index < -0.39 is 0 Å². The second-order valence-electron chi connectivity index (χ2n) is 5.11. The number of rotatable bonds is 2. The second kappa shape index (κ2) is 4.53. The lowest BCUT2D eigenvalue weighted by Crippen LogP contribution is -2.41. The molecule has 1 saturated carbocycles. The van der Waals surface area contributed by atoms with Gasteiger partial charge in [-0.1, -0.05) is 24.3 Å². The minimum absolute atomic E-state index is 0.0397. The van der Waals surface area contributed by atoms with Crippen LogP contribution in [0.25, 0.3) is 10.8 Å². The highest BCUT2D eigenvalue weighted by Gasteiger charge is 2.27. The van der Waals surface area contributed by atoms with Crippen LogP contribution in [0.5, 0.6) is 0 Å². The third kappa shape index (κ3) is 2.03. The fourth-order valence-electron chi connectivity index (χ4n) is 2.46. The number of carbonyl (C=O) groups excluding carboxylic acids is 1. The molecule has 1 aliphatic rings. The fourth-order valence-corrected chi connectivity index (χ4v) is 2.46. The highest BCUT2D eigenvalue weighted by Crippen LogP contribution is 2.26. The van der Waals surface area contributed by atoms with E-state index in [1.54, 1.807) is 4.90 Å². The van der Waals surface area contributed by atoms with Crippen LogP contribution in [0.15, 0.2) is 30.3 Å². The van der Waals surface area contributed by atoms with Gasteiger partial charge in [-0.05, 0) is 30.7 Å². The molecule has 1 fully saturated rings. The molecule has 0 radical (unpaired) electrons. The van der Waals surface area contributed by atoms with E-state index in [0.717, 1.165) is 23.6 Å². The van der Waals surface area contributed by atoms with Crippen molar-refractivity contribution in [2.45, 2.75) is 25.3 Å². The molecule has 1 aliphatic carbocycles. The van der Waals surface area contributed by atoms with Crippen molar-refractivity contribution in [1.29, 1.82) is 0 Å². The molecule has 1 aromatic carbocycles. The van der Waals surface area contributed by atoms with E-state index in [4.69, 9.17) is 5.73 Å². The molecule has 2 aromatic rings. The lowest BCUT2D eigenvalue weighted by Gasteiger charge is -2.34. The summed E-state index contributed by atoms with van der Waals surface area (Å²) in [4.78, 5) is 18.4. The Morgan fingerprint density at radius 2 is 2.11 bits per heavy atom. The molecule has 19 heavy (non-hydrogen) atoms. The molecule has 1 heterocycles. The molecule has 4 nitrogen and oxygen atoms in total. The van der Waals surface area contributed by atoms with Crippen molar-refractivity contribution < 1.29 is 4.79 Å². The Balaban J connectivity index is 1.98. The smallest absolute Gasteiger partial charge is 0.272 e. The van der Waals surface area contributed by atoms with Gasteiger partial charge in [0.25, 0.3) is 5.91 Å². The summed E-state index contributed by atoms with van der Waals surface area (Å²) in [5, 5.41) is 1.85. The number of anilines is 1. The summed E-state index contributed by atoms with van der Waals surface area (Å²) in [6.07, 6.45) is 3.38. The topological polar surface area (TPSA) is 59.2 Å². The predicted molar refractivity (Wildman–Crippen MR) is 75.9 cm³/mol. The fraction of sp³-hybridized carbons (Fsp3) is 0.333. The summed E-state index contributed by atoms with van der Waals surface area (Å²) >= 11 is 0. The van der Waals surface area contributed by atoms with Crippen LogP contribution in [0.3, 0.4) is 0 Å². The van der Waals surface area contributed by atoms with Gasteiger partial charge in [-0.2, -0.15) is 0 Å². The average molecular weight is 255 g/mol. The van der Waals surface area contributed by atoms with Crippen molar-refractivity contribution in [1.82, 2.24) is 9.88 Å². The predicted octanol–water partition coefficient (Wildman–Crippen LogP) is 2.44. The largest absolute Gasteiger partial charge is 0.383 e. The summed E-state index contributed by atoms with van der Waals surface area (Å²) in [5.41, 5.74) is 6.37. The van der Waals surface area contributed by atoms with E-state index in [1.807, 2.05) is 37.4 Å². The standard InChI is InChI=1S/C15H17N3O/c1-18(11-6-4-7-11)15(19)13-9-10-5-2-3-8-12(10)14(16)17-13/h2-3,5,8-9,11H,4,6-7H2,1H3,(H2,16,17). The molecule has 0 atom stereocenters. The number of nitrogen functional groups attached to an aromatic ring is 1. The van der Waals surface area contributed by atoms with Crippen molar-refractivity contribution in [2.75, 3.05) is 12.8 Å². The maximum absolute atomic E-state index is 12.4. The van der Waals surface area contributed by atoms with Crippen molar-refractivity contribution in [2.24, 2.45) is 0 Å². The van der Waals surface area contributed by atoms with Crippen LogP contribution >= 0.6 is 0 Å². The summed E-state index contributed by atoms with van der Waals surface area (Å²) in [6, 6.07) is 9.91. The van der Waals surface area contributed by atoms with Gasteiger partial charge in [0.05, 0.1) is 0 Å². The molecule has 2 N–H and O–H groups in total. The van der Waals surface area contributed by atoms with E-state index in [1.165, 1.54) is 6.42 Å². The first kappa shape index (κ1) is 12.0. The first-order valence-corrected chi connectivity index (χ1v) is 6.59. The SMILES string of the molecule is CN(C(=O)c1cc2ccccc2c(N)n1)C1CCC1. The van der Waals surface area contributed by atoms with Gasteiger partial charge in [0, 0.05) is 18.5 Å². The van der Waals surface area contributed by atoms with Gasteiger partial charge in [0.2, 0.25) is 0 Å². The van der Waals surface area contributed by atoms with E-state index >= 15 is 0 Å². The molecule has 0 bridgehead atoms. The number of hydrogen-bond donors (Lipinski definition) is 1. The van der Waals surface area contributed by atoms with Gasteiger partial charge < -0.3 is 10.6 Å². The molecule has 0 aliphatic heterocycles. The monoisotopic (exact) mass is 255 g/mol. The second-order valence-corrected chi connectivity index (χ2v) is 5.11.